The Balaban J connectivity index is 1.92. The summed E-state index contributed by atoms with van der Waals surface area (Å²) in [7, 11) is 2.09. The highest BCUT2D eigenvalue weighted by Crippen LogP contribution is 2.28. The summed E-state index contributed by atoms with van der Waals surface area (Å²) < 4.78 is 9.29. The Hall–Kier alpha value is -2.20. The molecule has 0 aliphatic carbocycles. The van der Waals surface area contributed by atoms with Gasteiger partial charge >= 0.3 is 0 Å². The van der Waals surface area contributed by atoms with Crippen LogP contribution in [0, 0.1) is 6.92 Å². The summed E-state index contributed by atoms with van der Waals surface area (Å²) in [6.45, 7) is 2.13. The molecular weight excluding hydrogens is 268 g/mol. The lowest BCUT2D eigenvalue weighted by Gasteiger charge is -1.93. The largest absolute Gasteiger partial charge is 0.436 e. The van der Waals surface area contributed by atoms with Crippen molar-refractivity contribution in [2.75, 3.05) is 0 Å². The van der Waals surface area contributed by atoms with E-state index in [1.807, 2.05) is 24.3 Å². The average Bonchev–Trinajstić information content (AvgIpc) is 3.01. The van der Waals surface area contributed by atoms with Crippen LogP contribution in [0.4, 0.5) is 0 Å². The van der Waals surface area contributed by atoms with Gasteiger partial charge in [0.15, 0.2) is 5.58 Å². The molecule has 0 saturated heterocycles. The molecule has 0 amide bonds. The van der Waals surface area contributed by atoms with Crippen LogP contribution in [0.15, 0.2) is 46.9 Å². The fourth-order valence-corrected chi connectivity index (χ4v) is 3.45. The zero-order valence-electron chi connectivity index (χ0n) is 11.3. The van der Waals surface area contributed by atoms with Crippen LogP contribution in [0.2, 0.25) is 0 Å². The van der Waals surface area contributed by atoms with Crippen molar-refractivity contribution in [2.24, 2.45) is 7.05 Å². The molecule has 2 aromatic carbocycles. The average molecular weight is 281 g/mol. The summed E-state index contributed by atoms with van der Waals surface area (Å²) in [5.41, 5.74) is 3.99. The lowest BCUT2D eigenvalue weighted by molar-refractivity contribution is -0.646. The monoisotopic (exact) mass is 281 g/mol. The second-order valence-corrected chi connectivity index (χ2v) is 6.08. The van der Waals surface area contributed by atoms with Gasteiger partial charge in [0.2, 0.25) is 16.4 Å². The van der Waals surface area contributed by atoms with E-state index >= 15 is 0 Å². The third kappa shape index (κ3) is 1.65. The van der Waals surface area contributed by atoms with Crippen LogP contribution in [-0.4, -0.2) is 4.98 Å². The lowest BCUT2D eigenvalue weighted by Crippen LogP contribution is -2.28. The number of oxazole rings is 1. The van der Waals surface area contributed by atoms with Crippen molar-refractivity contribution in [1.29, 1.82) is 0 Å². The van der Waals surface area contributed by atoms with E-state index in [2.05, 4.69) is 41.7 Å². The first kappa shape index (κ1) is 11.6. The molecule has 2 aromatic heterocycles. The molecule has 0 unspecified atom stereocenters. The SMILES string of the molecule is Cc1sc2cc(-c3nc4ccccc4o3)ccc2[n+]1C. The highest BCUT2D eigenvalue weighted by atomic mass is 32.1. The van der Waals surface area contributed by atoms with Gasteiger partial charge in [0.1, 0.15) is 17.3 Å². The summed E-state index contributed by atoms with van der Waals surface area (Å²) in [6.07, 6.45) is 0. The summed E-state index contributed by atoms with van der Waals surface area (Å²) in [5, 5.41) is 1.29. The van der Waals surface area contributed by atoms with Crippen LogP contribution in [0.3, 0.4) is 0 Å². The summed E-state index contributed by atoms with van der Waals surface area (Å²) >= 11 is 1.79. The number of hydrogen-bond donors (Lipinski definition) is 0. The predicted octanol–water partition coefficient (Wildman–Crippen LogP) is 3.84. The fraction of sp³-hybridized carbons (Fsp3) is 0.125. The first-order valence-electron chi connectivity index (χ1n) is 6.47. The molecule has 0 radical (unpaired) electrons. The number of rotatable bonds is 1. The highest BCUT2D eigenvalue weighted by Gasteiger charge is 2.15. The number of benzene rings is 2. The van der Waals surface area contributed by atoms with Gasteiger partial charge in [-0.1, -0.05) is 23.5 Å². The van der Waals surface area contributed by atoms with Gasteiger partial charge in [-0.05, 0) is 24.3 Å². The van der Waals surface area contributed by atoms with Gasteiger partial charge in [-0.25, -0.2) is 4.98 Å². The van der Waals surface area contributed by atoms with E-state index in [-0.39, 0.29) is 0 Å². The number of fused-ring (bicyclic) bond motifs is 2. The number of aryl methyl sites for hydroxylation is 2. The van der Waals surface area contributed by atoms with Crippen molar-refractivity contribution in [3.63, 3.8) is 0 Å². The molecule has 0 aliphatic heterocycles. The van der Waals surface area contributed by atoms with E-state index in [1.54, 1.807) is 11.3 Å². The van der Waals surface area contributed by atoms with Gasteiger partial charge in [-0.15, -0.1) is 0 Å². The smallest absolute Gasteiger partial charge is 0.234 e. The Kier molecular flexibility index (Phi) is 2.41. The van der Waals surface area contributed by atoms with Gasteiger partial charge in [0.05, 0.1) is 0 Å². The minimum Gasteiger partial charge on any atom is -0.436 e. The van der Waals surface area contributed by atoms with Gasteiger partial charge < -0.3 is 4.42 Å². The quantitative estimate of drug-likeness (QED) is 0.496. The van der Waals surface area contributed by atoms with Gasteiger partial charge in [-0.2, -0.15) is 4.57 Å². The van der Waals surface area contributed by atoms with Crippen molar-refractivity contribution in [3.05, 3.63) is 47.5 Å². The van der Waals surface area contributed by atoms with Crippen LogP contribution >= 0.6 is 11.3 Å². The number of thiazole rings is 1. The molecule has 20 heavy (non-hydrogen) atoms. The number of aromatic nitrogens is 2. The topological polar surface area (TPSA) is 29.9 Å². The molecule has 0 aliphatic rings. The van der Waals surface area contributed by atoms with Crippen LogP contribution in [-0.2, 0) is 7.05 Å². The maximum Gasteiger partial charge on any atom is 0.234 e. The third-order valence-electron chi connectivity index (χ3n) is 3.59. The molecule has 98 valence electrons. The Bertz CT molecular complexity index is 903. The van der Waals surface area contributed by atoms with Crippen molar-refractivity contribution < 1.29 is 8.98 Å². The Morgan fingerprint density at radius 1 is 1.15 bits per heavy atom. The van der Waals surface area contributed by atoms with E-state index in [0.29, 0.717) is 5.89 Å². The second-order valence-electron chi connectivity index (χ2n) is 4.85. The third-order valence-corrected chi connectivity index (χ3v) is 4.71. The number of nitrogens with zero attached hydrogens (tertiary/aromatic N) is 2. The zero-order chi connectivity index (χ0) is 13.7. The first-order valence-corrected chi connectivity index (χ1v) is 7.29. The standard InChI is InChI=1S/C16H13N2OS/c1-10-18(2)13-8-7-11(9-15(13)20-10)16-17-12-5-3-4-6-14(12)19-16/h3-9H,1-2H3/q+1. The zero-order valence-corrected chi connectivity index (χ0v) is 12.1. The minimum absolute atomic E-state index is 0.682. The van der Waals surface area contributed by atoms with Crippen molar-refractivity contribution in [2.45, 2.75) is 6.92 Å². The molecule has 0 bridgehead atoms. The molecule has 0 fully saturated rings. The molecule has 4 aromatic rings. The number of hydrogen-bond acceptors (Lipinski definition) is 3. The molecule has 0 spiro atoms. The summed E-state index contributed by atoms with van der Waals surface area (Å²) in [4.78, 5) is 4.55. The van der Waals surface area contributed by atoms with Gasteiger partial charge in [0, 0.05) is 18.6 Å². The summed E-state index contributed by atoms with van der Waals surface area (Å²) in [5.74, 6) is 0.682. The van der Waals surface area contributed by atoms with Crippen LogP contribution in [0.5, 0.6) is 0 Å². The Morgan fingerprint density at radius 2 is 2.00 bits per heavy atom. The molecule has 0 atom stereocenters. The van der Waals surface area contributed by atoms with Crippen LogP contribution < -0.4 is 4.57 Å². The van der Waals surface area contributed by atoms with Crippen molar-refractivity contribution >= 4 is 32.7 Å². The first-order chi connectivity index (χ1) is 9.72. The normalized spacial score (nSPS) is 11.5. The van der Waals surface area contributed by atoms with E-state index in [4.69, 9.17) is 4.42 Å². The minimum atomic E-state index is 0.682. The predicted molar refractivity (Wildman–Crippen MR) is 80.7 cm³/mol. The molecule has 2 heterocycles. The molecular formula is C16H13N2OS+. The van der Waals surface area contributed by atoms with Crippen LogP contribution in [0.25, 0.3) is 32.8 Å². The summed E-state index contributed by atoms with van der Waals surface area (Å²) in [6, 6.07) is 14.2. The molecule has 0 saturated carbocycles. The van der Waals surface area contributed by atoms with Gasteiger partial charge in [-0.3, -0.25) is 0 Å². The van der Waals surface area contributed by atoms with E-state index in [9.17, 15) is 0 Å². The van der Waals surface area contributed by atoms with Crippen LogP contribution in [0.1, 0.15) is 5.01 Å². The number of para-hydroxylation sites is 2. The molecule has 4 heteroatoms. The maximum atomic E-state index is 5.83. The molecule has 4 rings (SSSR count). The lowest BCUT2D eigenvalue weighted by atomic mass is 10.2. The molecule has 3 nitrogen and oxygen atoms in total. The van der Waals surface area contributed by atoms with E-state index in [1.165, 1.54) is 15.2 Å². The molecule has 0 N–H and O–H groups in total. The van der Waals surface area contributed by atoms with Crippen molar-refractivity contribution in [1.82, 2.24) is 4.98 Å². The van der Waals surface area contributed by atoms with E-state index in [0.717, 1.165) is 16.7 Å². The van der Waals surface area contributed by atoms with E-state index < -0.39 is 0 Å². The highest BCUT2D eigenvalue weighted by molar-refractivity contribution is 7.18. The van der Waals surface area contributed by atoms with Gasteiger partial charge in [0.25, 0.3) is 0 Å². The Labute approximate surface area is 120 Å². The fourth-order valence-electron chi connectivity index (χ4n) is 2.40. The van der Waals surface area contributed by atoms with Crippen molar-refractivity contribution in [3.8, 4) is 11.5 Å². The maximum absolute atomic E-state index is 5.83. The second kappa shape index (κ2) is 4.15. The Morgan fingerprint density at radius 3 is 2.85 bits per heavy atom.